The molecular formula is C8H10ClFN2O2. The number of alkyl halides is 1. The average molecular weight is 221 g/mol. The first kappa shape index (κ1) is 11.2. The Morgan fingerprint density at radius 2 is 2.21 bits per heavy atom. The van der Waals surface area contributed by atoms with Crippen molar-refractivity contribution in [3.05, 3.63) is 23.6 Å². The molecule has 0 aliphatic rings. The zero-order chi connectivity index (χ0) is 10.7. The van der Waals surface area contributed by atoms with Crippen molar-refractivity contribution >= 4 is 17.4 Å². The van der Waals surface area contributed by atoms with Gasteiger partial charge in [0.05, 0.1) is 12.0 Å². The fourth-order valence-electron chi connectivity index (χ4n) is 0.932. The summed E-state index contributed by atoms with van der Waals surface area (Å²) in [5.41, 5.74) is 5.28. The van der Waals surface area contributed by atoms with Gasteiger partial charge in [-0.2, -0.15) is 0 Å². The standard InChI is InChI=1S/C8H10ClFN2O2/c9-2-6(13)7(14)4-1-5(10)8(11)12-3-4/h1,3,6-7,13-14H,2H2,(H2,11,12). The zero-order valence-corrected chi connectivity index (χ0v) is 7.95. The molecule has 0 radical (unpaired) electrons. The van der Waals surface area contributed by atoms with Crippen LogP contribution in [0, 0.1) is 5.82 Å². The van der Waals surface area contributed by atoms with Gasteiger partial charge in [-0.15, -0.1) is 11.6 Å². The van der Waals surface area contributed by atoms with Crippen LogP contribution in [-0.2, 0) is 0 Å². The third-order valence-electron chi connectivity index (χ3n) is 1.75. The van der Waals surface area contributed by atoms with Gasteiger partial charge in [0.2, 0.25) is 0 Å². The largest absolute Gasteiger partial charge is 0.389 e. The molecule has 1 aromatic heterocycles. The van der Waals surface area contributed by atoms with Gasteiger partial charge < -0.3 is 15.9 Å². The van der Waals surface area contributed by atoms with Crippen LogP contribution < -0.4 is 5.73 Å². The number of halogens is 2. The lowest BCUT2D eigenvalue weighted by Gasteiger charge is -2.15. The molecule has 0 fully saturated rings. The minimum absolute atomic E-state index is 0.143. The first-order valence-corrected chi connectivity index (χ1v) is 4.42. The molecule has 2 atom stereocenters. The SMILES string of the molecule is Nc1ncc(C(O)C(O)CCl)cc1F. The van der Waals surface area contributed by atoms with Crippen molar-refractivity contribution in [1.82, 2.24) is 4.98 Å². The molecule has 14 heavy (non-hydrogen) atoms. The van der Waals surface area contributed by atoms with Gasteiger partial charge in [-0.1, -0.05) is 0 Å². The highest BCUT2D eigenvalue weighted by Gasteiger charge is 2.18. The summed E-state index contributed by atoms with van der Waals surface area (Å²) in [7, 11) is 0. The molecule has 0 bridgehead atoms. The summed E-state index contributed by atoms with van der Waals surface area (Å²) in [6, 6.07) is 1.02. The molecule has 6 heteroatoms. The molecule has 1 heterocycles. The summed E-state index contributed by atoms with van der Waals surface area (Å²) in [4.78, 5) is 3.51. The van der Waals surface area contributed by atoms with Crippen LogP contribution in [0.15, 0.2) is 12.3 Å². The molecule has 0 aromatic carbocycles. The Morgan fingerprint density at radius 1 is 1.57 bits per heavy atom. The molecule has 0 spiro atoms. The molecular weight excluding hydrogens is 211 g/mol. The Labute approximate surface area is 85.1 Å². The molecule has 0 aliphatic heterocycles. The maximum atomic E-state index is 12.9. The number of hydrogen-bond donors (Lipinski definition) is 3. The zero-order valence-electron chi connectivity index (χ0n) is 7.19. The smallest absolute Gasteiger partial charge is 0.165 e. The molecule has 0 saturated heterocycles. The van der Waals surface area contributed by atoms with E-state index in [-0.39, 0.29) is 17.3 Å². The molecule has 1 rings (SSSR count). The van der Waals surface area contributed by atoms with Crippen LogP contribution in [0.5, 0.6) is 0 Å². The van der Waals surface area contributed by atoms with E-state index in [9.17, 15) is 14.6 Å². The van der Waals surface area contributed by atoms with Crippen LogP contribution in [0.3, 0.4) is 0 Å². The van der Waals surface area contributed by atoms with Crippen LogP contribution in [0.2, 0.25) is 0 Å². The van der Waals surface area contributed by atoms with E-state index in [1.165, 1.54) is 6.20 Å². The Kier molecular flexibility index (Phi) is 3.62. The number of rotatable bonds is 3. The second-order valence-corrected chi connectivity index (χ2v) is 3.11. The highest BCUT2D eigenvalue weighted by atomic mass is 35.5. The maximum absolute atomic E-state index is 12.9. The van der Waals surface area contributed by atoms with E-state index >= 15 is 0 Å². The maximum Gasteiger partial charge on any atom is 0.165 e. The third kappa shape index (κ3) is 2.31. The number of anilines is 1. The topological polar surface area (TPSA) is 79.4 Å². The van der Waals surface area contributed by atoms with E-state index < -0.39 is 18.0 Å². The number of hydrogen-bond acceptors (Lipinski definition) is 4. The lowest BCUT2D eigenvalue weighted by Crippen LogP contribution is -2.20. The number of nitrogens with zero attached hydrogens (tertiary/aromatic N) is 1. The van der Waals surface area contributed by atoms with Crippen LogP contribution in [0.25, 0.3) is 0 Å². The third-order valence-corrected chi connectivity index (χ3v) is 2.07. The van der Waals surface area contributed by atoms with E-state index in [1.54, 1.807) is 0 Å². The van der Waals surface area contributed by atoms with Crippen LogP contribution in [-0.4, -0.2) is 27.2 Å². The van der Waals surface area contributed by atoms with Crippen molar-refractivity contribution in [1.29, 1.82) is 0 Å². The summed E-state index contributed by atoms with van der Waals surface area (Å²) in [5, 5.41) is 18.6. The highest BCUT2D eigenvalue weighted by Crippen LogP contribution is 2.19. The van der Waals surface area contributed by atoms with Gasteiger partial charge >= 0.3 is 0 Å². The van der Waals surface area contributed by atoms with E-state index in [2.05, 4.69) is 4.98 Å². The first-order chi connectivity index (χ1) is 6.56. The number of aromatic nitrogens is 1. The molecule has 2 unspecified atom stereocenters. The van der Waals surface area contributed by atoms with Gasteiger partial charge in [-0.05, 0) is 6.07 Å². The predicted octanol–water partition coefficient (Wildman–Crippen LogP) is 0.436. The van der Waals surface area contributed by atoms with E-state index in [0.717, 1.165) is 6.07 Å². The fraction of sp³-hybridized carbons (Fsp3) is 0.375. The summed E-state index contributed by atoms with van der Waals surface area (Å²) in [6.45, 7) is 0. The van der Waals surface area contributed by atoms with Gasteiger partial charge in [-0.3, -0.25) is 0 Å². The fourth-order valence-corrected chi connectivity index (χ4v) is 1.10. The van der Waals surface area contributed by atoms with E-state index in [0.29, 0.717) is 0 Å². The minimum atomic E-state index is -1.25. The molecule has 0 amide bonds. The summed E-state index contributed by atoms with van der Waals surface area (Å²) < 4.78 is 12.9. The van der Waals surface area contributed by atoms with Crippen LogP contribution >= 0.6 is 11.6 Å². The normalized spacial score (nSPS) is 15.1. The summed E-state index contributed by atoms with van der Waals surface area (Å²) in [5.74, 6) is -1.13. The van der Waals surface area contributed by atoms with Gasteiger partial charge in [-0.25, -0.2) is 9.37 Å². The second kappa shape index (κ2) is 4.54. The second-order valence-electron chi connectivity index (χ2n) is 2.80. The van der Waals surface area contributed by atoms with Gasteiger partial charge in [0.1, 0.15) is 6.10 Å². The van der Waals surface area contributed by atoms with Crippen molar-refractivity contribution in [2.24, 2.45) is 0 Å². The molecule has 0 aliphatic carbocycles. The van der Waals surface area contributed by atoms with E-state index in [4.69, 9.17) is 17.3 Å². The van der Waals surface area contributed by atoms with Crippen molar-refractivity contribution < 1.29 is 14.6 Å². The number of nitrogens with two attached hydrogens (primary N) is 1. The van der Waals surface area contributed by atoms with Crippen molar-refractivity contribution in [3.63, 3.8) is 0 Å². The van der Waals surface area contributed by atoms with Gasteiger partial charge in [0.25, 0.3) is 0 Å². The van der Waals surface area contributed by atoms with Gasteiger partial charge in [0, 0.05) is 11.8 Å². The Bertz CT molecular complexity index is 324. The minimum Gasteiger partial charge on any atom is -0.389 e. The average Bonchev–Trinajstić information content (AvgIpc) is 2.20. The van der Waals surface area contributed by atoms with Crippen LogP contribution in [0.4, 0.5) is 10.2 Å². The quantitative estimate of drug-likeness (QED) is 0.646. The van der Waals surface area contributed by atoms with Crippen molar-refractivity contribution in [2.75, 3.05) is 11.6 Å². The monoisotopic (exact) mass is 220 g/mol. The number of nitrogen functional groups attached to an aromatic ring is 1. The molecule has 4 nitrogen and oxygen atoms in total. The van der Waals surface area contributed by atoms with E-state index in [1.807, 2.05) is 0 Å². The Morgan fingerprint density at radius 3 is 2.71 bits per heavy atom. The highest BCUT2D eigenvalue weighted by molar-refractivity contribution is 6.18. The van der Waals surface area contributed by atoms with Gasteiger partial charge in [0.15, 0.2) is 11.6 Å². The van der Waals surface area contributed by atoms with Crippen LogP contribution in [0.1, 0.15) is 11.7 Å². The predicted molar refractivity (Wildman–Crippen MR) is 50.3 cm³/mol. The Hall–Kier alpha value is -0.910. The lowest BCUT2D eigenvalue weighted by molar-refractivity contribution is 0.0323. The number of pyridine rings is 1. The summed E-state index contributed by atoms with van der Waals surface area (Å²) >= 11 is 5.32. The Balaban J connectivity index is 2.91. The van der Waals surface area contributed by atoms with Crippen molar-refractivity contribution in [3.8, 4) is 0 Å². The molecule has 4 N–H and O–H groups in total. The first-order valence-electron chi connectivity index (χ1n) is 3.89. The number of aliphatic hydroxyl groups is 2. The molecule has 0 saturated carbocycles. The number of aliphatic hydroxyl groups excluding tert-OH is 2. The molecule has 1 aromatic rings. The lowest BCUT2D eigenvalue weighted by atomic mass is 10.1. The summed E-state index contributed by atoms with van der Waals surface area (Å²) in [6.07, 6.45) is -1.21. The van der Waals surface area contributed by atoms with Crippen molar-refractivity contribution in [2.45, 2.75) is 12.2 Å². The molecule has 78 valence electrons.